The molecule has 4 aromatic rings. The zero-order valence-corrected chi connectivity index (χ0v) is 14.2. The number of hydrogen-bond acceptors (Lipinski definition) is 3. The van der Waals surface area contributed by atoms with Crippen LogP contribution in [0.25, 0.3) is 20.2 Å². The Morgan fingerprint density at radius 3 is 2.78 bits per heavy atom. The molecule has 0 N–H and O–H groups in total. The van der Waals surface area contributed by atoms with Crippen LogP contribution in [0.5, 0.6) is 0 Å². The molecule has 0 amide bonds. The van der Waals surface area contributed by atoms with E-state index < -0.39 is 0 Å². The molecule has 0 fully saturated rings. The van der Waals surface area contributed by atoms with E-state index in [1.165, 1.54) is 25.7 Å². The van der Waals surface area contributed by atoms with Crippen LogP contribution < -0.4 is 0 Å². The van der Waals surface area contributed by atoms with Crippen LogP contribution in [-0.2, 0) is 6.42 Å². The number of fused-ring (bicyclic) bond motifs is 3. The minimum absolute atomic E-state index is 0.191. The van der Waals surface area contributed by atoms with Gasteiger partial charge in [-0.3, -0.25) is 0 Å². The lowest BCUT2D eigenvalue weighted by atomic mass is 10.0. The van der Waals surface area contributed by atoms with Crippen LogP contribution in [-0.4, -0.2) is 15.0 Å². The van der Waals surface area contributed by atoms with Crippen LogP contribution in [0.1, 0.15) is 37.6 Å². The van der Waals surface area contributed by atoms with E-state index in [0.29, 0.717) is 0 Å². The molecule has 0 spiro atoms. The van der Waals surface area contributed by atoms with Crippen LogP contribution in [0.2, 0.25) is 0 Å². The van der Waals surface area contributed by atoms with E-state index in [1.807, 2.05) is 16.0 Å². The number of benzene rings is 2. The number of rotatable bonds is 4. The van der Waals surface area contributed by atoms with Gasteiger partial charge in [-0.1, -0.05) is 42.8 Å². The second-order valence-corrected chi connectivity index (χ2v) is 7.05. The fraction of sp³-hybridized carbons (Fsp3) is 0.263. The molecule has 2 aromatic heterocycles. The van der Waals surface area contributed by atoms with E-state index in [4.69, 9.17) is 0 Å². The molecule has 1 atom stereocenters. The summed E-state index contributed by atoms with van der Waals surface area (Å²) in [6.07, 6.45) is 4.16. The summed E-state index contributed by atoms with van der Waals surface area (Å²) in [5.41, 5.74) is 2.34. The van der Waals surface area contributed by atoms with Crippen molar-refractivity contribution in [2.75, 3.05) is 0 Å². The number of aryl methyl sites for hydroxylation is 1. The predicted molar refractivity (Wildman–Crippen MR) is 97.2 cm³/mol. The Morgan fingerprint density at radius 1 is 1.09 bits per heavy atom. The summed E-state index contributed by atoms with van der Waals surface area (Å²) in [6, 6.07) is 15.6. The molecule has 3 nitrogen and oxygen atoms in total. The summed E-state index contributed by atoms with van der Waals surface area (Å²) in [5, 5.41) is 11.3. The molecule has 0 aliphatic carbocycles. The number of thiophene rings is 1. The van der Waals surface area contributed by atoms with E-state index in [2.05, 4.69) is 72.8 Å². The predicted octanol–water partition coefficient (Wildman–Crippen LogP) is 5.21. The zero-order valence-electron chi connectivity index (χ0n) is 13.4. The van der Waals surface area contributed by atoms with E-state index >= 15 is 0 Å². The highest BCUT2D eigenvalue weighted by Gasteiger charge is 2.12. The third-order valence-corrected chi connectivity index (χ3v) is 5.50. The largest absolute Gasteiger partial charge is 0.245 e. The van der Waals surface area contributed by atoms with Gasteiger partial charge in [0.05, 0.1) is 11.7 Å². The van der Waals surface area contributed by atoms with Gasteiger partial charge in [-0.05, 0) is 37.1 Å². The van der Waals surface area contributed by atoms with Gasteiger partial charge in [0.2, 0.25) is 0 Å². The van der Waals surface area contributed by atoms with E-state index in [1.54, 1.807) is 0 Å². The third-order valence-electron chi connectivity index (χ3n) is 4.34. The van der Waals surface area contributed by atoms with Crippen LogP contribution in [0.15, 0.2) is 48.7 Å². The SMILES string of the molecule is CCCc1cn(C(C)c2ccc3sc4ccccc4c3c2)nn1. The summed E-state index contributed by atoms with van der Waals surface area (Å²) in [4.78, 5) is 0. The zero-order chi connectivity index (χ0) is 15.8. The first-order chi connectivity index (χ1) is 11.3. The van der Waals surface area contributed by atoms with Crippen molar-refractivity contribution in [3.05, 3.63) is 59.9 Å². The molecule has 1 unspecified atom stereocenters. The van der Waals surface area contributed by atoms with Crippen molar-refractivity contribution >= 4 is 31.5 Å². The van der Waals surface area contributed by atoms with Crippen molar-refractivity contribution in [2.45, 2.75) is 32.7 Å². The Morgan fingerprint density at radius 2 is 1.91 bits per heavy atom. The van der Waals surface area contributed by atoms with Crippen molar-refractivity contribution in [1.29, 1.82) is 0 Å². The molecule has 2 aromatic carbocycles. The van der Waals surface area contributed by atoms with Gasteiger partial charge in [0, 0.05) is 26.4 Å². The van der Waals surface area contributed by atoms with E-state index in [0.717, 1.165) is 18.5 Å². The summed E-state index contributed by atoms with van der Waals surface area (Å²) >= 11 is 1.85. The molecular formula is C19H19N3S. The Labute approximate surface area is 139 Å². The molecule has 0 bridgehead atoms. The molecule has 0 aliphatic rings. The topological polar surface area (TPSA) is 30.7 Å². The lowest BCUT2D eigenvalue weighted by Crippen LogP contribution is -2.07. The summed E-state index contributed by atoms with van der Waals surface area (Å²) in [7, 11) is 0. The normalized spacial score (nSPS) is 13.0. The maximum absolute atomic E-state index is 4.31. The maximum atomic E-state index is 4.31. The second-order valence-electron chi connectivity index (χ2n) is 5.97. The summed E-state index contributed by atoms with van der Waals surface area (Å²) in [5.74, 6) is 0. The Kier molecular flexibility index (Phi) is 3.62. The highest BCUT2D eigenvalue weighted by Crippen LogP contribution is 2.35. The Hall–Kier alpha value is -2.20. The highest BCUT2D eigenvalue weighted by molar-refractivity contribution is 7.25. The monoisotopic (exact) mass is 321 g/mol. The first-order valence-electron chi connectivity index (χ1n) is 8.08. The number of hydrogen-bond donors (Lipinski definition) is 0. The maximum Gasteiger partial charge on any atom is 0.0827 e. The molecule has 0 aliphatic heterocycles. The third kappa shape index (κ3) is 2.53. The molecule has 116 valence electrons. The minimum Gasteiger partial charge on any atom is -0.245 e. The van der Waals surface area contributed by atoms with Gasteiger partial charge in [0.15, 0.2) is 0 Å². The lowest BCUT2D eigenvalue weighted by Gasteiger charge is -2.12. The van der Waals surface area contributed by atoms with Gasteiger partial charge in [-0.25, -0.2) is 4.68 Å². The smallest absolute Gasteiger partial charge is 0.0827 e. The second kappa shape index (κ2) is 5.78. The van der Waals surface area contributed by atoms with Crippen molar-refractivity contribution in [3.63, 3.8) is 0 Å². The van der Waals surface area contributed by atoms with E-state index in [-0.39, 0.29) is 6.04 Å². The first-order valence-corrected chi connectivity index (χ1v) is 8.90. The molecule has 2 heterocycles. The van der Waals surface area contributed by atoms with Crippen LogP contribution in [0.3, 0.4) is 0 Å². The van der Waals surface area contributed by atoms with Gasteiger partial charge >= 0.3 is 0 Å². The molecule has 23 heavy (non-hydrogen) atoms. The molecule has 0 saturated carbocycles. The number of nitrogens with zero attached hydrogens (tertiary/aromatic N) is 3. The van der Waals surface area contributed by atoms with Crippen LogP contribution in [0.4, 0.5) is 0 Å². The van der Waals surface area contributed by atoms with Crippen molar-refractivity contribution in [3.8, 4) is 0 Å². The van der Waals surface area contributed by atoms with Gasteiger partial charge in [0.1, 0.15) is 0 Å². The summed E-state index contributed by atoms with van der Waals surface area (Å²) < 4.78 is 4.66. The average Bonchev–Trinajstić information content (AvgIpc) is 3.18. The minimum atomic E-state index is 0.191. The van der Waals surface area contributed by atoms with E-state index in [9.17, 15) is 0 Å². The fourth-order valence-corrected chi connectivity index (χ4v) is 4.12. The molecule has 0 saturated heterocycles. The Bertz CT molecular complexity index is 967. The lowest BCUT2D eigenvalue weighted by molar-refractivity contribution is 0.543. The first kappa shape index (κ1) is 14.4. The fourth-order valence-electron chi connectivity index (χ4n) is 3.03. The molecule has 0 radical (unpaired) electrons. The van der Waals surface area contributed by atoms with Crippen LogP contribution >= 0.6 is 11.3 Å². The highest BCUT2D eigenvalue weighted by atomic mass is 32.1. The Balaban J connectivity index is 1.76. The number of aromatic nitrogens is 3. The van der Waals surface area contributed by atoms with Crippen LogP contribution in [0, 0.1) is 0 Å². The van der Waals surface area contributed by atoms with Gasteiger partial charge in [0.25, 0.3) is 0 Å². The summed E-state index contributed by atoms with van der Waals surface area (Å²) in [6.45, 7) is 4.35. The molecule has 4 rings (SSSR count). The van der Waals surface area contributed by atoms with Gasteiger partial charge in [-0.2, -0.15) is 0 Å². The standard InChI is InChI=1S/C19H19N3S/c1-3-6-15-12-22(21-20-15)13(2)14-9-10-19-17(11-14)16-7-4-5-8-18(16)23-19/h4-5,7-13H,3,6H2,1-2H3. The molecular weight excluding hydrogens is 302 g/mol. The van der Waals surface area contributed by atoms with Crippen molar-refractivity contribution in [1.82, 2.24) is 15.0 Å². The van der Waals surface area contributed by atoms with Crippen molar-refractivity contribution in [2.24, 2.45) is 0 Å². The molecule has 4 heteroatoms. The average molecular weight is 321 g/mol. The quantitative estimate of drug-likeness (QED) is 0.517. The van der Waals surface area contributed by atoms with Gasteiger partial charge < -0.3 is 0 Å². The van der Waals surface area contributed by atoms with Crippen molar-refractivity contribution < 1.29 is 0 Å². The van der Waals surface area contributed by atoms with Gasteiger partial charge in [-0.15, -0.1) is 16.4 Å².